The van der Waals surface area contributed by atoms with Gasteiger partial charge in [-0.1, -0.05) is 19.3 Å². The third kappa shape index (κ3) is 3.69. The van der Waals surface area contributed by atoms with Crippen molar-refractivity contribution in [2.75, 3.05) is 12.8 Å². The van der Waals surface area contributed by atoms with Gasteiger partial charge in [-0.2, -0.15) is 11.8 Å². The molecule has 2 nitrogen and oxygen atoms in total. The van der Waals surface area contributed by atoms with Crippen LogP contribution in [0.1, 0.15) is 37.7 Å². The summed E-state index contributed by atoms with van der Waals surface area (Å²) < 4.78 is 13.4. The van der Waals surface area contributed by atoms with Gasteiger partial charge in [0, 0.05) is 24.0 Å². The van der Waals surface area contributed by atoms with Gasteiger partial charge < -0.3 is 5.32 Å². The number of hydrogen-bond donors (Lipinski definition) is 1. The molecule has 1 saturated carbocycles. The van der Waals surface area contributed by atoms with Crippen LogP contribution in [0.3, 0.4) is 0 Å². The van der Waals surface area contributed by atoms with Crippen molar-refractivity contribution in [1.82, 2.24) is 10.3 Å². The Labute approximate surface area is 113 Å². The van der Waals surface area contributed by atoms with Crippen molar-refractivity contribution in [3.8, 4) is 0 Å². The summed E-state index contributed by atoms with van der Waals surface area (Å²) in [4.78, 5) is 3.87. The smallest absolute Gasteiger partial charge is 0.141 e. The minimum Gasteiger partial charge on any atom is -0.311 e. The van der Waals surface area contributed by atoms with E-state index in [0.717, 1.165) is 12.1 Å². The van der Waals surface area contributed by atoms with Crippen LogP contribution in [0.15, 0.2) is 18.5 Å². The Morgan fingerprint density at radius 1 is 1.33 bits per heavy atom. The van der Waals surface area contributed by atoms with Crippen LogP contribution in [0.5, 0.6) is 0 Å². The Morgan fingerprint density at radius 2 is 2.11 bits per heavy atom. The highest BCUT2D eigenvalue weighted by Gasteiger charge is 2.30. The van der Waals surface area contributed by atoms with Gasteiger partial charge in [-0.25, -0.2) is 4.39 Å². The standard InChI is InChI=1S/C14H21FN2S/c1-18-14(5-3-2-4-6-14)11-17-9-12-7-13(15)10-16-8-12/h7-8,10,17H,2-6,9,11H2,1H3. The van der Waals surface area contributed by atoms with Crippen LogP contribution in [0, 0.1) is 5.82 Å². The summed E-state index contributed by atoms with van der Waals surface area (Å²) in [5, 5.41) is 3.46. The molecule has 100 valence electrons. The average Bonchev–Trinajstić information content (AvgIpc) is 2.40. The van der Waals surface area contributed by atoms with Crippen molar-refractivity contribution in [3.63, 3.8) is 0 Å². The first-order valence-electron chi connectivity index (χ1n) is 6.59. The monoisotopic (exact) mass is 268 g/mol. The summed E-state index contributed by atoms with van der Waals surface area (Å²) in [5.41, 5.74) is 0.919. The molecule has 0 spiro atoms. The van der Waals surface area contributed by atoms with E-state index < -0.39 is 0 Å². The number of thioether (sulfide) groups is 1. The first-order chi connectivity index (χ1) is 8.74. The van der Waals surface area contributed by atoms with E-state index in [0.29, 0.717) is 11.3 Å². The quantitative estimate of drug-likeness (QED) is 0.886. The van der Waals surface area contributed by atoms with Crippen molar-refractivity contribution < 1.29 is 4.39 Å². The number of rotatable bonds is 5. The van der Waals surface area contributed by atoms with E-state index >= 15 is 0 Å². The Bertz CT molecular complexity index is 378. The van der Waals surface area contributed by atoms with Gasteiger partial charge in [0.25, 0.3) is 0 Å². The molecule has 1 N–H and O–H groups in total. The van der Waals surface area contributed by atoms with Crippen LogP contribution >= 0.6 is 11.8 Å². The summed E-state index contributed by atoms with van der Waals surface area (Å²) >= 11 is 1.98. The maximum atomic E-state index is 13.0. The van der Waals surface area contributed by atoms with Gasteiger partial charge in [0.15, 0.2) is 0 Å². The highest BCUT2D eigenvalue weighted by Crippen LogP contribution is 2.37. The summed E-state index contributed by atoms with van der Waals surface area (Å²) in [7, 11) is 0. The van der Waals surface area contributed by atoms with E-state index in [4.69, 9.17) is 0 Å². The van der Waals surface area contributed by atoms with Gasteiger partial charge in [0.2, 0.25) is 0 Å². The lowest BCUT2D eigenvalue weighted by atomic mass is 9.88. The molecule has 1 heterocycles. The Kier molecular flexibility index (Phi) is 5.01. The second-order valence-corrected chi connectivity index (χ2v) is 6.34. The predicted molar refractivity (Wildman–Crippen MR) is 75.2 cm³/mol. The zero-order chi connectivity index (χ0) is 12.8. The molecule has 0 amide bonds. The van der Waals surface area contributed by atoms with Crippen LogP contribution in [-0.4, -0.2) is 22.5 Å². The molecular weight excluding hydrogens is 247 g/mol. The number of halogens is 1. The number of nitrogens with one attached hydrogen (secondary N) is 1. The van der Waals surface area contributed by atoms with Crippen LogP contribution in [0.2, 0.25) is 0 Å². The van der Waals surface area contributed by atoms with Gasteiger partial charge in [-0.05, 0) is 30.7 Å². The van der Waals surface area contributed by atoms with E-state index in [-0.39, 0.29) is 5.82 Å². The SMILES string of the molecule is CSC1(CNCc2cncc(F)c2)CCCCC1. The molecule has 1 aliphatic carbocycles. The normalized spacial score (nSPS) is 18.8. The predicted octanol–water partition coefficient (Wildman–Crippen LogP) is 3.38. The highest BCUT2D eigenvalue weighted by atomic mass is 32.2. The van der Waals surface area contributed by atoms with Gasteiger partial charge in [-0.15, -0.1) is 0 Å². The Hall–Kier alpha value is -0.610. The minimum absolute atomic E-state index is 0.258. The maximum absolute atomic E-state index is 13.0. The molecule has 0 atom stereocenters. The third-order valence-electron chi connectivity index (χ3n) is 3.74. The van der Waals surface area contributed by atoms with E-state index in [1.807, 2.05) is 11.8 Å². The molecule has 0 bridgehead atoms. The van der Waals surface area contributed by atoms with E-state index in [9.17, 15) is 4.39 Å². The zero-order valence-electron chi connectivity index (χ0n) is 10.9. The Morgan fingerprint density at radius 3 is 2.78 bits per heavy atom. The first kappa shape index (κ1) is 13.8. The summed E-state index contributed by atoms with van der Waals surface area (Å²) in [6.45, 7) is 1.71. The molecular formula is C14H21FN2S. The molecule has 0 aromatic carbocycles. The minimum atomic E-state index is -0.258. The second-order valence-electron chi connectivity index (χ2n) is 5.06. The van der Waals surface area contributed by atoms with E-state index in [1.165, 1.54) is 38.3 Å². The van der Waals surface area contributed by atoms with E-state index in [2.05, 4.69) is 16.6 Å². The van der Waals surface area contributed by atoms with Crippen LogP contribution < -0.4 is 5.32 Å². The van der Waals surface area contributed by atoms with Crippen LogP contribution in [0.25, 0.3) is 0 Å². The third-order valence-corrected chi connectivity index (χ3v) is 5.15. The fourth-order valence-electron chi connectivity index (χ4n) is 2.64. The summed E-state index contributed by atoms with van der Waals surface area (Å²) in [6, 6.07) is 1.55. The van der Waals surface area contributed by atoms with Gasteiger partial charge in [0.05, 0.1) is 6.20 Å². The molecule has 1 aliphatic rings. The number of hydrogen-bond acceptors (Lipinski definition) is 3. The topological polar surface area (TPSA) is 24.9 Å². The highest BCUT2D eigenvalue weighted by molar-refractivity contribution is 8.00. The largest absolute Gasteiger partial charge is 0.311 e. The van der Waals surface area contributed by atoms with Crippen LogP contribution in [0.4, 0.5) is 4.39 Å². The molecule has 0 unspecified atom stereocenters. The molecule has 1 aromatic heterocycles. The zero-order valence-corrected chi connectivity index (χ0v) is 11.7. The maximum Gasteiger partial charge on any atom is 0.141 e. The van der Waals surface area contributed by atoms with Crippen LogP contribution in [-0.2, 0) is 6.54 Å². The van der Waals surface area contributed by atoms with E-state index in [1.54, 1.807) is 12.3 Å². The molecule has 18 heavy (non-hydrogen) atoms. The molecule has 4 heteroatoms. The Balaban J connectivity index is 1.83. The molecule has 0 radical (unpaired) electrons. The number of nitrogens with zero attached hydrogens (tertiary/aromatic N) is 1. The fraction of sp³-hybridized carbons (Fsp3) is 0.643. The van der Waals surface area contributed by atoms with Gasteiger partial charge in [0.1, 0.15) is 5.82 Å². The van der Waals surface area contributed by atoms with Crippen molar-refractivity contribution in [2.45, 2.75) is 43.4 Å². The molecule has 0 aliphatic heterocycles. The lowest BCUT2D eigenvalue weighted by Gasteiger charge is -2.36. The molecule has 2 rings (SSSR count). The number of aromatic nitrogens is 1. The first-order valence-corrected chi connectivity index (χ1v) is 7.82. The lowest BCUT2D eigenvalue weighted by molar-refractivity contribution is 0.379. The van der Waals surface area contributed by atoms with Crippen molar-refractivity contribution >= 4 is 11.8 Å². The van der Waals surface area contributed by atoms with Gasteiger partial charge >= 0.3 is 0 Å². The molecule has 1 fully saturated rings. The molecule has 0 saturated heterocycles. The number of pyridine rings is 1. The fourth-order valence-corrected chi connectivity index (χ4v) is 3.58. The lowest BCUT2D eigenvalue weighted by Crippen LogP contribution is -2.39. The summed E-state index contributed by atoms with van der Waals surface area (Å²) in [6.07, 6.45) is 11.8. The summed E-state index contributed by atoms with van der Waals surface area (Å²) in [5.74, 6) is -0.258. The van der Waals surface area contributed by atoms with Gasteiger partial charge in [-0.3, -0.25) is 4.98 Å². The van der Waals surface area contributed by atoms with Crippen molar-refractivity contribution in [2.24, 2.45) is 0 Å². The second kappa shape index (κ2) is 6.53. The van der Waals surface area contributed by atoms with Crippen molar-refractivity contribution in [3.05, 3.63) is 29.8 Å². The average molecular weight is 268 g/mol. The molecule has 1 aromatic rings. The van der Waals surface area contributed by atoms with Crippen molar-refractivity contribution in [1.29, 1.82) is 0 Å².